The summed E-state index contributed by atoms with van der Waals surface area (Å²) >= 11 is 0. The number of rotatable bonds is 6. The average molecular weight is 254 g/mol. The molecule has 0 aromatic heterocycles. The normalized spacial score (nSPS) is 22.8. The van der Waals surface area contributed by atoms with Crippen molar-refractivity contribution in [2.24, 2.45) is 5.73 Å². The second kappa shape index (κ2) is 6.02. The number of hydrogen-bond acceptors (Lipinski definition) is 3. The van der Waals surface area contributed by atoms with Crippen molar-refractivity contribution < 1.29 is 9.90 Å². The predicted molar refractivity (Wildman–Crippen MR) is 71.1 cm³/mol. The van der Waals surface area contributed by atoms with Gasteiger partial charge in [-0.3, -0.25) is 4.79 Å². The van der Waals surface area contributed by atoms with Gasteiger partial charge >= 0.3 is 0 Å². The molecule has 0 heterocycles. The number of carbonyl (C=O) groups excluding carboxylic acids is 1. The third-order valence-electron chi connectivity index (χ3n) is 4.50. The molecule has 0 spiro atoms. The first kappa shape index (κ1) is 13.8. The van der Waals surface area contributed by atoms with Crippen molar-refractivity contribution in [2.45, 2.75) is 69.4 Å². The molecule has 4 heteroatoms. The lowest BCUT2D eigenvalue weighted by Crippen LogP contribution is -2.49. The molecule has 0 aromatic rings. The summed E-state index contributed by atoms with van der Waals surface area (Å²) in [6, 6.07) is 0.411. The molecule has 2 saturated carbocycles. The second-order valence-corrected chi connectivity index (χ2v) is 6.00. The monoisotopic (exact) mass is 254 g/mol. The molecule has 18 heavy (non-hydrogen) atoms. The molecule has 0 aromatic carbocycles. The summed E-state index contributed by atoms with van der Waals surface area (Å²) in [4.78, 5) is 14.4. The van der Waals surface area contributed by atoms with Gasteiger partial charge in [-0.1, -0.05) is 12.8 Å². The maximum atomic E-state index is 12.4. The summed E-state index contributed by atoms with van der Waals surface area (Å²) in [7, 11) is 0. The second-order valence-electron chi connectivity index (χ2n) is 6.00. The summed E-state index contributed by atoms with van der Waals surface area (Å²) < 4.78 is 0. The van der Waals surface area contributed by atoms with E-state index in [1.54, 1.807) is 0 Å². The molecule has 2 fully saturated rings. The standard InChI is InChI=1S/C14H26N2O2/c15-14(7-1-2-8-14)11-13(18)16(9-4-10-17)12-5-3-6-12/h12,17H,1-11,15H2. The Labute approximate surface area is 110 Å². The fourth-order valence-electron chi connectivity index (χ4n) is 3.11. The molecular weight excluding hydrogens is 228 g/mol. The zero-order valence-electron chi connectivity index (χ0n) is 11.2. The fourth-order valence-corrected chi connectivity index (χ4v) is 3.11. The lowest BCUT2D eigenvalue weighted by Gasteiger charge is -2.39. The van der Waals surface area contributed by atoms with Gasteiger partial charge in [-0.25, -0.2) is 0 Å². The lowest BCUT2D eigenvalue weighted by molar-refractivity contribution is -0.136. The van der Waals surface area contributed by atoms with Crippen LogP contribution in [0.5, 0.6) is 0 Å². The summed E-state index contributed by atoms with van der Waals surface area (Å²) in [5, 5.41) is 8.94. The third kappa shape index (κ3) is 3.23. The molecular formula is C14H26N2O2. The smallest absolute Gasteiger partial charge is 0.224 e. The van der Waals surface area contributed by atoms with E-state index in [9.17, 15) is 4.79 Å². The number of amides is 1. The van der Waals surface area contributed by atoms with Crippen molar-refractivity contribution in [3.63, 3.8) is 0 Å². The van der Waals surface area contributed by atoms with Crippen LogP contribution < -0.4 is 5.73 Å². The molecule has 0 aliphatic heterocycles. The van der Waals surface area contributed by atoms with Crippen LogP contribution in [0.2, 0.25) is 0 Å². The van der Waals surface area contributed by atoms with Crippen molar-refractivity contribution in [1.29, 1.82) is 0 Å². The van der Waals surface area contributed by atoms with Crippen molar-refractivity contribution in [2.75, 3.05) is 13.2 Å². The Morgan fingerprint density at radius 3 is 2.44 bits per heavy atom. The van der Waals surface area contributed by atoms with Gasteiger partial charge in [-0.05, 0) is 38.5 Å². The van der Waals surface area contributed by atoms with Gasteiger partial charge < -0.3 is 15.7 Å². The average Bonchev–Trinajstić information content (AvgIpc) is 2.67. The molecule has 4 nitrogen and oxygen atoms in total. The van der Waals surface area contributed by atoms with Gasteiger partial charge in [0.25, 0.3) is 0 Å². The summed E-state index contributed by atoms with van der Waals surface area (Å²) in [5.41, 5.74) is 6.04. The topological polar surface area (TPSA) is 66.6 Å². The first-order valence-electron chi connectivity index (χ1n) is 7.34. The zero-order chi connectivity index (χ0) is 13.0. The van der Waals surface area contributed by atoms with Gasteiger partial charge in [0.2, 0.25) is 5.91 Å². The predicted octanol–water partition coefficient (Wildman–Crippen LogP) is 1.41. The number of nitrogens with zero attached hydrogens (tertiary/aromatic N) is 1. The molecule has 2 rings (SSSR count). The van der Waals surface area contributed by atoms with Gasteiger partial charge in [0, 0.05) is 31.2 Å². The number of carbonyl (C=O) groups is 1. The van der Waals surface area contributed by atoms with E-state index in [-0.39, 0.29) is 18.1 Å². The van der Waals surface area contributed by atoms with E-state index in [4.69, 9.17) is 10.8 Å². The molecule has 0 unspecified atom stereocenters. The highest BCUT2D eigenvalue weighted by Crippen LogP contribution is 2.32. The SMILES string of the molecule is NC1(CC(=O)N(CCCO)C2CCC2)CCCC1. The Kier molecular flexibility index (Phi) is 4.62. The Bertz CT molecular complexity index is 284. The third-order valence-corrected chi connectivity index (χ3v) is 4.50. The molecule has 2 aliphatic rings. The number of nitrogens with two attached hydrogens (primary N) is 1. The first-order chi connectivity index (χ1) is 8.64. The van der Waals surface area contributed by atoms with Crippen LogP contribution >= 0.6 is 0 Å². The van der Waals surface area contributed by atoms with Gasteiger partial charge in [0.15, 0.2) is 0 Å². The maximum absolute atomic E-state index is 12.4. The van der Waals surface area contributed by atoms with Crippen LogP contribution in [0.15, 0.2) is 0 Å². The van der Waals surface area contributed by atoms with Crippen LogP contribution in [0, 0.1) is 0 Å². The molecule has 104 valence electrons. The molecule has 0 atom stereocenters. The van der Waals surface area contributed by atoms with Gasteiger partial charge in [0.1, 0.15) is 0 Å². The summed E-state index contributed by atoms with van der Waals surface area (Å²) in [6.07, 6.45) is 8.92. The first-order valence-corrected chi connectivity index (χ1v) is 7.34. The van der Waals surface area contributed by atoms with E-state index < -0.39 is 0 Å². The minimum atomic E-state index is -0.252. The minimum Gasteiger partial charge on any atom is -0.396 e. The number of aliphatic hydroxyl groups excluding tert-OH is 1. The number of aliphatic hydroxyl groups is 1. The summed E-state index contributed by atoms with van der Waals surface area (Å²) in [5.74, 6) is 0.206. The van der Waals surface area contributed by atoms with E-state index in [1.807, 2.05) is 4.90 Å². The van der Waals surface area contributed by atoms with Gasteiger partial charge in [-0.15, -0.1) is 0 Å². The Hall–Kier alpha value is -0.610. The van der Waals surface area contributed by atoms with E-state index in [0.29, 0.717) is 25.4 Å². The van der Waals surface area contributed by atoms with Crippen LogP contribution in [-0.2, 0) is 4.79 Å². The van der Waals surface area contributed by atoms with Crippen LogP contribution in [0.4, 0.5) is 0 Å². The van der Waals surface area contributed by atoms with Crippen molar-refractivity contribution >= 4 is 5.91 Å². The van der Waals surface area contributed by atoms with Crippen molar-refractivity contribution in [3.05, 3.63) is 0 Å². The molecule has 0 radical (unpaired) electrons. The molecule has 2 aliphatic carbocycles. The van der Waals surface area contributed by atoms with Crippen LogP contribution in [0.25, 0.3) is 0 Å². The highest BCUT2D eigenvalue weighted by molar-refractivity contribution is 5.78. The quantitative estimate of drug-likeness (QED) is 0.753. The van der Waals surface area contributed by atoms with Crippen molar-refractivity contribution in [3.8, 4) is 0 Å². The van der Waals surface area contributed by atoms with E-state index in [2.05, 4.69) is 0 Å². The molecule has 3 N–H and O–H groups in total. The summed E-state index contributed by atoms with van der Waals surface area (Å²) in [6.45, 7) is 0.848. The van der Waals surface area contributed by atoms with Crippen LogP contribution in [-0.4, -0.2) is 40.6 Å². The van der Waals surface area contributed by atoms with Gasteiger partial charge in [-0.2, -0.15) is 0 Å². The minimum absolute atomic E-state index is 0.157. The largest absolute Gasteiger partial charge is 0.396 e. The molecule has 0 bridgehead atoms. The van der Waals surface area contributed by atoms with Crippen molar-refractivity contribution in [1.82, 2.24) is 4.90 Å². The zero-order valence-corrected chi connectivity index (χ0v) is 11.2. The van der Waals surface area contributed by atoms with Crippen LogP contribution in [0.1, 0.15) is 57.8 Å². The molecule has 1 amide bonds. The van der Waals surface area contributed by atoms with Crippen LogP contribution in [0.3, 0.4) is 0 Å². The van der Waals surface area contributed by atoms with Gasteiger partial charge in [0.05, 0.1) is 0 Å². The van der Waals surface area contributed by atoms with E-state index in [0.717, 1.165) is 38.5 Å². The van der Waals surface area contributed by atoms with E-state index >= 15 is 0 Å². The Morgan fingerprint density at radius 2 is 1.94 bits per heavy atom. The highest BCUT2D eigenvalue weighted by atomic mass is 16.3. The maximum Gasteiger partial charge on any atom is 0.224 e. The molecule has 0 saturated heterocycles. The fraction of sp³-hybridized carbons (Fsp3) is 0.929. The Balaban J connectivity index is 1.89. The Morgan fingerprint density at radius 1 is 1.28 bits per heavy atom. The number of hydrogen-bond donors (Lipinski definition) is 2. The lowest BCUT2D eigenvalue weighted by atomic mass is 9.89. The highest BCUT2D eigenvalue weighted by Gasteiger charge is 2.36. The van der Waals surface area contributed by atoms with E-state index in [1.165, 1.54) is 6.42 Å².